The Labute approximate surface area is 131 Å². The number of benzene rings is 1. The molecule has 3 rings (SSSR count). The quantitative estimate of drug-likeness (QED) is 0.799. The van der Waals surface area contributed by atoms with Crippen LogP contribution in [0.1, 0.15) is 19.3 Å². The smallest absolute Gasteiger partial charge is 0.239 e. The summed E-state index contributed by atoms with van der Waals surface area (Å²) in [4.78, 5) is 18.0. The molecule has 4 heteroatoms. The van der Waals surface area contributed by atoms with E-state index in [-0.39, 0.29) is 6.04 Å². The maximum absolute atomic E-state index is 12.3. The summed E-state index contributed by atoms with van der Waals surface area (Å²) in [6.45, 7) is 3.10. The Kier molecular flexibility index (Phi) is 4.86. The highest BCUT2D eigenvalue weighted by Crippen LogP contribution is 2.28. The highest BCUT2D eigenvalue weighted by Gasteiger charge is 2.35. The lowest BCUT2D eigenvalue weighted by atomic mass is 10.0. The van der Waals surface area contributed by atoms with Gasteiger partial charge in [0.2, 0.25) is 5.91 Å². The van der Waals surface area contributed by atoms with Crippen LogP contribution in [0.2, 0.25) is 0 Å². The fraction of sp³-hybridized carbons (Fsp3) is 0.588. The Morgan fingerprint density at radius 3 is 2.81 bits per heavy atom. The van der Waals surface area contributed by atoms with E-state index in [0.29, 0.717) is 5.91 Å². The van der Waals surface area contributed by atoms with Crippen LogP contribution in [0.4, 0.5) is 0 Å². The summed E-state index contributed by atoms with van der Waals surface area (Å²) in [6.07, 6.45) is 3.42. The molecule has 0 bridgehead atoms. The molecule has 0 unspecified atom stereocenters. The first-order valence-corrected chi connectivity index (χ1v) is 8.89. The molecule has 2 fully saturated rings. The molecule has 1 aromatic carbocycles. The van der Waals surface area contributed by atoms with Gasteiger partial charge in [-0.05, 0) is 43.9 Å². The summed E-state index contributed by atoms with van der Waals surface area (Å²) in [5.41, 5.74) is 0. The molecule has 0 N–H and O–H groups in total. The fourth-order valence-corrected chi connectivity index (χ4v) is 4.41. The normalized spacial score (nSPS) is 27.3. The van der Waals surface area contributed by atoms with Gasteiger partial charge < -0.3 is 4.90 Å². The fourth-order valence-electron chi connectivity index (χ4n) is 3.36. The maximum atomic E-state index is 12.3. The number of rotatable bonds is 4. The van der Waals surface area contributed by atoms with Crippen molar-refractivity contribution in [3.8, 4) is 0 Å². The van der Waals surface area contributed by atoms with Crippen molar-refractivity contribution in [2.24, 2.45) is 5.92 Å². The Morgan fingerprint density at radius 1 is 1.19 bits per heavy atom. The highest BCUT2D eigenvalue weighted by atomic mass is 32.2. The van der Waals surface area contributed by atoms with Crippen LogP contribution in [0.25, 0.3) is 0 Å². The van der Waals surface area contributed by atoms with E-state index in [9.17, 15) is 4.79 Å². The van der Waals surface area contributed by atoms with Gasteiger partial charge in [0.05, 0.1) is 6.04 Å². The first kappa shape index (κ1) is 14.9. The third-order valence-corrected chi connectivity index (χ3v) is 5.86. The second-order valence-corrected chi connectivity index (χ2v) is 7.28. The van der Waals surface area contributed by atoms with Gasteiger partial charge in [0.25, 0.3) is 0 Å². The van der Waals surface area contributed by atoms with Crippen molar-refractivity contribution in [1.82, 2.24) is 9.80 Å². The molecule has 0 spiro atoms. The number of nitrogens with zero attached hydrogens (tertiary/aromatic N) is 2. The first-order valence-electron chi connectivity index (χ1n) is 7.91. The van der Waals surface area contributed by atoms with Crippen molar-refractivity contribution in [3.05, 3.63) is 30.3 Å². The molecule has 114 valence electrons. The molecule has 2 aliphatic rings. The van der Waals surface area contributed by atoms with Gasteiger partial charge >= 0.3 is 0 Å². The Morgan fingerprint density at radius 2 is 2.00 bits per heavy atom. The number of carbonyl (C=O) groups is 1. The zero-order valence-electron chi connectivity index (χ0n) is 12.7. The van der Waals surface area contributed by atoms with Crippen molar-refractivity contribution < 1.29 is 4.79 Å². The minimum Gasteiger partial charge on any atom is -0.344 e. The maximum Gasteiger partial charge on any atom is 0.239 e. The van der Waals surface area contributed by atoms with Gasteiger partial charge in [0.15, 0.2) is 0 Å². The average molecular weight is 304 g/mol. The lowest BCUT2D eigenvalue weighted by Gasteiger charge is -2.34. The Bertz CT molecular complexity index is 479. The Balaban J connectivity index is 1.50. The van der Waals surface area contributed by atoms with Gasteiger partial charge in [0, 0.05) is 30.8 Å². The molecule has 2 saturated heterocycles. The summed E-state index contributed by atoms with van der Waals surface area (Å²) in [6, 6.07) is 10.8. The van der Waals surface area contributed by atoms with Gasteiger partial charge in [-0.3, -0.25) is 9.69 Å². The van der Waals surface area contributed by atoms with Gasteiger partial charge in [-0.1, -0.05) is 18.2 Å². The van der Waals surface area contributed by atoms with E-state index in [2.05, 4.69) is 35.2 Å². The van der Waals surface area contributed by atoms with Crippen LogP contribution in [0.3, 0.4) is 0 Å². The van der Waals surface area contributed by atoms with Crippen LogP contribution in [-0.4, -0.2) is 54.2 Å². The summed E-state index contributed by atoms with van der Waals surface area (Å²) in [7, 11) is 1.94. The van der Waals surface area contributed by atoms with Gasteiger partial charge in [0.1, 0.15) is 0 Å². The third kappa shape index (κ3) is 3.61. The predicted molar refractivity (Wildman–Crippen MR) is 87.5 cm³/mol. The molecule has 0 saturated carbocycles. The minimum absolute atomic E-state index is 0.149. The van der Waals surface area contributed by atoms with E-state index < -0.39 is 0 Å². The van der Waals surface area contributed by atoms with E-state index in [4.69, 9.17) is 0 Å². The summed E-state index contributed by atoms with van der Waals surface area (Å²) in [5.74, 6) is 2.21. The highest BCUT2D eigenvalue weighted by molar-refractivity contribution is 7.99. The standard InChI is InChI=1S/C17H24N2OS/c1-18-10-5-8-16(17(18)20)19-11-9-14(12-19)13-21-15-6-3-2-4-7-15/h2-4,6-7,14,16H,5,8-13H2,1H3/t14-,16+/m1/s1. The van der Waals surface area contributed by atoms with Gasteiger partial charge in [-0.15, -0.1) is 11.8 Å². The van der Waals surface area contributed by atoms with Crippen molar-refractivity contribution in [3.63, 3.8) is 0 Å². The van der Waals surface area contributed by atoms with E-state index in [1.807, 2.05) is 23.7 Å². The monoisotopic (exact) mass is 304 g/mol. The molecule has 0 radical (unpaired) electrons. The van der Waals surface area contributed by atoms with Gasteiger partial charge in [-0.2, -0.15) is 0 Å². The van der Waals surface area contributed by atoms with Crippen LogP contribution in [0, 0.1) is 5.92 Å². The second-order valence-electron chi connectivity index (χ2n) is 6.19. The number of thioether (sulfide) groups is 1. The van der Waals surface area contributed by atoms with Crippen LogP contribution < -0.4 is 0 Å². The van der Waals surface area contributed by atoms with Crippen LogP contribution >= 0.6 is 11.8 Å². The molecule has 21 heavy (non-hydrogen) atoms. The first-order chi connectivity index (χ1) is 10.2. The molecule has 0 aromatic heterocycles. The lowest BCUT2D eigenvalue weighted by molar-refractivity contribution is -0.138. The topological polar surface area (TPSA) is 23.6 Å². The zero-order chi connectivity index (χ0) is 14.7. The van der Waals surface area contributed by atoms with Crippen molar-refractivity contribution in [2.75, 3.05) is 32.4 Å². The van der Waals surface area contributed by atoms with Crippen molar-refractivity contribution in [2.45, 2.75) is 30.2 Å². The molecule has 3 nitrogen and oxygen atoms in total. The molecule has 2 aliphatic heterocycles. The molecule has 2 heterocycles. The van der Waals surface area contributed by atoms with Crippen LogP contribution in [0.15, 0.2) is 35.2 Å². The average Bonchev–Trinajstić information content (AvgIpc) is 2.98. The molecule has 1 amide bonds. The minimum atomic E-state index is 0.149. The molecular weight excluding hydrogens is 280 g/mol. The van der Waals surface area contributed by atoms with E-state index in [0.717, 1.165) is 44.1 Å². The lowest BCUT2D eigenvalue weighted by Crippen LogP contribution is -2.50. The zero-order valence-corrected chi connectivity index (χ0v) is 13.5. The molecule has 1 aromatic rings. The van der Waals surface area contributed by atoms with E-state index >= 15 is 0 Å². The van der Waals surface area contributed by atoms with E-state index in [1.54, 1.807) is 0 Å². The molecular formula is C17H24N2OS. The number of likely N-dealkylation sites (N-methyl/N-ethyl adjacent to an activating group) is 1. The number of amides is 1. The summed E-state index contributed by atoms with van der Waals surface area (Å²) >= 11 is 1.95. The number of carbonyl (C=O) groups excluding carboxylic acids is 1. The predicted octanol–water partition coefficient (Wildman–Crippen LogP) is 2.72. The number of likely N-dealkylation sites (tertiary alicyclic amines) is 2. The summed E-state index contributed by atoms with van der Waals surface area (Å²) in [5, 5.41) is 0. The van der Waals surface area contributed by atoms with E-state index in [1.165, 1.54) is 11.3 Å². The largest absolute Gasteiger partial charge is 0.344 e. The molecule has 2 atom stereocenters. The molecule has 0 aliphatic carbocycles. The number of hydrogen-bond acceptors (Lipinski definition) is 3. The number of hydrogen-bond donors (Lipinski definition) is 0. The van der Waals surface area contributed by atoms with Crippen LogP contribution in [0.5, 0.6) is 0 Å². The Hall–Kier alpha value is -1.00. The third-order valence-electron chi connectivity index (χ3n) is 4.62. The second kappa shape index (κ2) is 6.84. The van der Waals surface area contributed by atoms with Crippen molar-refractivity contribution in [1.29, 1.82) is 0 Å². The van der Waals surface area contributed by atoms with Gasteiger partial charge in [-0.25, -0.2) is 0 Å². The SMILES string of the molecule is CN1CCC[C@H](N2CC[C@@H](CSc3ccccc3)C2)C1=O. The summed E-state index contributed by atoms with van der Waals surface area (Å²) < 4.78 is 0. The van der Waals surface area contributed by atoms with Crippen LogP contribution in [-0.2, 0) is 4.79 Å². The number of piperidine rings is 1. The van der Waals surface area contributed by atoms with Crippen molar-refractivity contribution >= 4 is 17.7 Å².